The highest BCUT2D eigenvalue weighted by atomic mass is 16.5. The monoisotopic (exact) mass is 392 g/mol. The summed E-state index contributed by atoms with van der Waals surface area (Å²) in [7, 11) is 1.72. The molecule has 2 aromatic carbocycles. The lowest BCUT2D eigenvalue weighted by molar-refractivity contribution is -0.115. The summed E-state index contributed by atoms with van der Waals surface area (Å²) in [4.78, 5) is 16.6. The van der Waals surface area contributed by atoms with Gasteiger partial charge in [0.1, 0.15) is 11.4 Å². The summed E-state index contributed by atoms with van der Waals surface area (Å²) in [5.74, 6) is 1.46. The van der Waals surface area contributed by atoms with Crippen LogP contribution in [0, 0.1) is 0 Å². The Kier molecular flexibility index (Phi) is 5.69. The molecule has 1 heterocycles. The molecule has 2 aliphatic rings. The van der Waals surface area contributed by atoms with Crippen LogP contribution < -0.4 is 20.7 Å². The Balaban J connectivity index is 1.40. The summed E-state index contributed by atoms with van der Waals surface area (Å²) in [6.45, 7) is 0.143. The average molecular weight is 393 g/mol. The van der Waals surface area contributed by atoms with Crippen molar-refractivity contribution in [1.82, 2.24) is 10.6 Å². The first-order valence-corrected chi connectivity index (χ1v) is 10.3. The van der Waals surface area contributed by atoms with E-state index < -0.39 is 0 Å². The number of fused-ring (bicyclic) bond motifs is 1. The van der Waals surface area contributed by atoms with Crippen molar-refractivity contribution < 1.29 is 9.53 Å². The van der Waals surface area contributed by atoms with Crippen molar-refractivity contribution in [2.24, 2.45) is 4.99 Å². The number of nitrogens with zero attached hydrogens (tertiary/aromatic N) is 1. The van der Waals surface area contributed by atoms with Crippen molar-refractivity contribution in [2.45, 2.75) is 43.7 Å². The second-order valence-electron chi connectivity index (χ2n) is 7.77. The average Bonchev–Trinajstić information content (AvgIpc) is 3.19. The highest BCUT2D eigenvalue weighted by Crippen LogP contribution is 2.46. The molecular weight excluding hydrogens is 364 g/mol. The van der Waals surface area contributed by atoms with Gasteiger partial charge in [-0.1, -0.05) is 36.4 Å². The predicted molar refractivity (Wildman–Crippen MR) is 115 cm³/mol. The minimum absolute atomic E-state index is 0.0877. The number of hydrogen-bond acceptors (Lipinski definition) is 3. The molecule has 1 unspecified atom stereocenters. The third kappa shape index (κ3) is 4.53. The summed E-state index contributed by atoms with van der Waals surface area (Å²) in [5, 5.41) is 9.52. The first kappa shape index (κ1) is 19.3. The Morgan fingerprint density at radius 1 is 1.10 bits per heavy atom. The van der Waals surface area contributed by atoms with E-state index in [2.05, 4.69) is 27.0 Å². The molecule has 3 N–H and O–H groups in total. The molecule has 1 aliphatic carbocycles. The van der Waals surface area contributed by atoms with Gasteiger partial charge in [0.05, 0.1) is 12.6 Å². The molecule has 0 bridgehead atoms. The summed E-state index contributed by atoms with van der Waals surface area (Å²) in [6.07, 6.45) is 5.50. The zero-order chi connectivity index (χ0) is 20.1. The van der Waals surface area contributed by atoms with E-state index in [9.17, 15) is 4.79 Å². The Morgan fingerprint density at radius 3 is 2.59 bits per heavy atom. The SMILES string of the molecule is CN=C(NCC(=O)Nc1ccccc1)NC1CC2(CCCC2)Oc2ccccc21. The predicted octanol–water partition coefficient (Wildman–Crippen LogP) is 3.63. The van der Waals surface area contributed by atoms with E-state index >= 15 is 0 Å². The molecule has 29 heavy (non-hydrogen) atoms. The van der Waals surface area contributed by atoms with Gasteiger partial charge >= 0.3 is 0 Å². The van der Waals surface area contributed by atoms with Crippen molar-refractivity contribution >= 4 is 17.6 Å². The van der Waals surface area contributed by atoms with Gasteiger partial charge in [-0.25, -0.2) is 0 Å². The van der Waals surface area contributed by atoms with Crippen LogP contribution in [0.1, 0.15) is 43.7 Å². The van der Waals surface area contributed by atoms with E-state index in [1.807, 2.05) is 48.5 Å². The number of benzene rings is 2. The van der Waals surface area contributed by atoms with Crippen LogP contribution in [-0.2, 0) is 4.79 Å². The highest BCUT2D eigenvalue weighted by Gasteiger charge is 2.43. The van der Waals surface area contributed by atoms with Crippen LogP contribution in [0.25, 0.3) is 0 Å². The smallest absolute Gasteiger partial charge is 0.243 e. The topological polar surface area (TPSA) is 74.8 Å². The number of aliphatic imine (C=N–C) groups is 1. The fourth-order valence-corrected chi connectivity index (χ4v) is 4.32. The number of hydrogen-bond donors (Lipinski definition) is 3. The van der Waals surface area contributed by atoms with Gasteiger partial charge in [0, 0.05) is 24.7 Å². The maximum atomic E-state index is 12.3. The fraction of sp³-hybridized carbons (Fsp3) is 0.391. The van der Waals surface area contributed by atoms with Gasteiger partial charge in [-0.3, -0.25) is 9.79 Å². The molecular formula is C23H28N4O2. The van der Waals surface area contributed by atoms with E-state index in [1.165, 1.54) is 12.8 Å². The Hall–Kier alpha value is -3.02. The molecule has 1 atom stereocenters. The normalized spacial score (nSPS) is 19.9. The Morgan fingerprint density at radius 2 is 1.83 bits per heavy atom. The summed E-state index contributed by atoms with van der Waals surface area (Å²) >= 11 is 0. The van der Waals surface area contributed by atoms with Crippen molar-refractivity contribution in [1.29, 1.82) is 0 Å². The molecule has 2 aromatic rings. The molecule has 4 rings (SSSR count). The summed E-state index contributed by atoms with van der Waals surface area (Å²) in [5.41, 5.74) is 1.83. The molecule has 6 nitrogen and oxygen atoms in total. The molecule has 1 fully saturated rings. The maximum Gasteiger partial charge on any atom is 0.243 e. The van der Waals surface area contributed by atoms with Crippen molar-refractivity contribution in [2.75, 3.05) is 18.9 Å². The second-order valence-corrected chi connectivity index (χ2v) is 7.77. The number of nitrogens with one attached hydrogen (secondary N) is 3. The van der Waals surface area contributed by atoms with Gasteiger partial charge in [0.15, 0.2) is 5.96 Å². The van der Waals surface area contributed by atoms with Crippen molar-refractivity contribution in [3.63, 3.8) is 0 Å². The summed E-state index contributed by atoms with van der Waals surface area (Å²) < 4.78 is 6.43. The van der Waals surface area contributed by atoms with Crippen LogP contribution >= 0.6 is 0 Å². The van der Waals surface area contributed by atoms with Gasteiger partial charge in [0.25, 0.3) is 0 Å². The van der Waals surface area contributed by atoms with Crippen LogP contribution in [0.3, 0.4) is 0 Å². The quantitative estimate of drug-likeness (QED) is 0.549. The maximum absolute atomic E-state index is 12.3. The first-order chi connectivity index (χ1) is 14.2. The van der Waals surface area contributed by atoms with E-state index in [4.69, 9.17) is 4.74 Å². The number of carbonyl (C=O) groups excluding carboxylic acids is 1. The number of amides is 1. The molecule has 0 radical (unpaired) electrons. The number of ether oxygens (including phenoxy) is 1. The second kappa shape index (κ2) is 8.55. The number of carbonyl (C=O) groups is 1. The molecule has 1 amide bonds. The standard InChI is InChI=1S/C23H28N4O2/c1-24-22(25-16-21(28)26-17-9-3-2-4-10-17)27-19-15-23(13-7-8-14-23)29-20-12-6-5-11-18(19)20/h2-6,9-12,19H,7-8,13-16H2,1H3,(H,26,28)(H2,24,25,27). The largest absolute Gasteiger partial charge is 0.487 e. The lowest BCUT2D eigenvalue weighted by Crippen LogP contribution is -2.47. The van der Waals surface area contributed by atoms with E-state index in [0.29, 0.717) is 5.96 Å². The summed E-state index contributed by atoms with van der Waals surface area (Å²) in [6, 6.07) is 17.7. The molecule has 0 saturated heterocycles. The lowest BCUT2D eigenvalue weighted by atomic mass is 9.86. The van der Waals surface area contributed by atoms with E-state index in [1.54, 1.807) is 7.05 Å². The Labute approximate surface area is 171 Å². The third-order valence-corrected chi connectivity index (χ3v) is 5.72. The highest BCUT2D eigenvalue weighted by molar-refractivity contribution is 5.95. The van der Waals surface area contributed by atoms with Gasteiger partial charge in [-0.2, -0.15) is 0 Å². The van der Waals surface area contributed by atoms with Crippen LogP contribution in [0.5, 0.6) is 5.75 Å². The zero-order valence-corrected chi connectivity index (χ0v) is 16.8. The number of anilines is 1. The van der Waals surface area contributed by atoms with Crippen LogP contribution in [-0.4, -0.2) is 31.1 Å². The Bertz CT molecular complexity index is 875. The van der Waals surface area contributed by atoms with Crippen LogP contribution in [0.4, 0.5) is 5.69 Å². The molecule has 1 spiro atoms. The number of guanidine groups is 1. The first-order valence-electron chi connectivity index (χ1n) is 10.3. The third-order valence-electron chi connectivity index (χ3n) is 5.72. The minimum Gasteiger partial charge on any atom is -0.487 e. The lowest BCUT2D eigenvalue weighted by Gasteiger charge is -2.40. The minimum atomic E-state index is -0.112. The van der Waals surface area contributed by atoms with E-state index in [-0.39, 0.29) is 24.1 Å². The van der Waals surface area contributed by atoms with Gasteiger partial charge in [0.2, 0.25) is 5.91 Å². The van der Waals surface area contributed by atoms with Crippen molar-refractivity contribution in [3.8, 4) is 5.75 Å². The molecule has 6 heteroatoms. The van der Waals surface area contributed by atoms with E-state index in [0.717, 1.165) is 36.3 Å². The molecule has 0 aromatic heterocycles. The zero-order valence-electron chi connectivity index (χ0n) is 16.8. The number of para-hydroxylation sites is 2. The molecule has 152 valence electrons. The fourth-order valence-electron chi connectivity index (χ4n) is 4.32. The number of rotatable bonds is 4. The van der Waals surface area contributed by atoms with Crippen LogP contribution in [0.2, 0.25) is 0 Å². The molecule has 1 aliphatic heterocycles. The van der Waals surface area contributed by atoms with Gasteiger partial charge in [-0.15, -0.1) is 0 Å². The van der Waals surface area contributed by atoms with Gasteiger partial charge in [-0.05, 0) is 43.9 Å². The van der Waals surface area contributed by atoms with Crippen molar-refractivity contribution in [3.05, 3.63) is 60.2 Å². The molecule has 1 saturated carbocycles. The van der Waals surface area contributed by atoms with Gasteiger partial charge < -0.3 is 20.7 Å². The van der Waals surface area contributed by atoms with Crippen LogP contribution in [0.15, 0.2) is 59.6 Å².